The smallest absolute Gasteiger partial charge is 0.326 e. The highest BCUT2D eigenvalue weighted by atomic mass is 16.4. The van der Waals surface area contributed by atoms with Gasteiger partial charge in [-0.15, -0.1) is 0 Å². The monoisotopic (exact) mass is 240 g/mol. The summed E-state index contributed by atoms with van der Waals surface area (Å²) in [4.78, 5) is 26.3. The number of carboxylic acids is 1. The number of hydrogen-bond donors (Lipinski definition) is 2. The van der Waals surface area contributed by atoms with Crippen LogP contribution < -0.4 is 5.32 Å². The Morgan fingerprint density at radius 3 is 2.53 bits per heavy atom. The van der Waals surface area contributed by atoms with Crippen molar-refractivity contribution in [1.29, 1.82) is 0 Å². The molecule has 1 rings (SSSR count). The van der Waals surface area contributed by atoms with Crippen LogP contribution in [0.3, 0.4) is 0 Å². The summed E-state index contributed by atoms with van der Waals surface area (Å²) in [7, 11) is 0. The lowest BCUT2D eigenvalue weighted by atomic mass is 9.87. The third kappa shape index (κ3) is 3.86. The maximum absolute atomic E-state index is 11.6. The van der Waals surface area contributed by atoms with Crippen LogP contribution in [0.1, 0.15) is 20.8 Å². The second kappa shape index (κ2) is 4.94. The molecule has 1 unspecified atom stereocenters. The van der Waals surface area contributed by atoms with E-state index >= 15 is 0 Å². The van der Waals surface area contributed by atoms with Crippen LogP contribution in [0.15, 0.2) is 12.7 Å². The summed E-state index contributed by atoms with van der Waals surface area (Å²) in [6.45, 7) is 5.21. The highest BCUT2D eigenvalue weighted by Gasteiger charge is 2.32. The summed E-state index contributed by atoms with van der Waals surface area (Å²) in [5.74, 6) is -1.46. The highest BCUT2D eigenvalue weighted by molar-refractivity contribution is 5.83. The zero-order valence-electron chi connectivity index (χ0n) is 10.0. The van der Waals surface area contributed by atoms with E-state index in [1.807, 2.05) is 0 Å². The Kier molecular flexibility index (Phi) is 3.82. The number of nitrogens with one attached hydrogen (secondary N) is 1. The molecule has 2 N–H and O–H groups in total. The van der Waals surface area contributed by atoms with Gasteiger partial charge in [-0.1, -0.05) is 20.8 Å². The van der Waals surface area contributed by atoms with Crippen molar-refractivity contribution in [3.8, 4) is 0 Å². The molecule has 1 amide bonds. The van der Waals surface area contributed by atoms with E-state index in [0.717, 1.165) is 0 Å². The van der Waals surface area contributed by atoms with E-state index in [-0.39, 0.29) is 6.54 Å². The van der Waals surface area contributed by atoms with Crippen molar-refractivity contribution in [3.05, 3.63) is 12.7 Å². The van der Waals surface area contributed by atoms with Gasteiger partial charge in [-0.25, -0.2) is 14.5 Å². The summed E-state index contributed by atoms with van der Waals surface area (Å²) in [5, 5.41) is 15.3. The fourth-order valence-corrected chi connectivity index (χ4v) is 1.32. The Hall–Kier alpha value is -1.92. The summed E-state index contributed by atoms with van der Waals surface area (Å²) in [5.41, 5.74) is -0.552. The largest absolute Gasteiger partial charge is 0.480 e. The third-order valence-corrected chi connectivity index (χ3v) is 2.19. The minimum atomic E-state index is -1.05. The van der Waals surface area contributed by atoms with E-state index in [0.29, 0.717) is 0 Å². The number of hydrogen-bond acceptors (Lipinski definition) is 4. The molecule has 1 aromatic heterocycles. The first-order valence-electron chi connectivity index (χ1n) is 5.15. The van der Waals surface area contributed by atoms with Crippen molar-refractivity contribution in [1.82, 2.24) is 20.1 Å². The van der Waals surface area contributed by atoms with E-state index in [4.69, 9.17) is 5.11 Å². The molecular weight excluding hydrogens is 224 g/mol. The van der Waals surface area contributed by atoms with Gasteiger partial charge in [0, 0.05) is 0 Å². The van der Waals surface area contributed by atoms with Gasteiger partial charge in [-0.3, -0.25) is 4.79 Å². The molecule has 0 bridgehead atoms. The number of nitrogens with zero attached hydrogens (tertiary/aromatic N) is 3. The number of carbonyl (C=O) groups is 2. The zero-order chi connectivity index (χ0) is 13.1. The first-order chi connectivity index (χ1) is 7.80. The molecule has 0 aromatic carbocycles. The average molecular weight is 240 g/mol. The van der Waals surface area contributed by atoms with Crippen LogP contribution in [0.4, 0.5) is 0 Å². The van der Waals surface area contributed by atoms with Crippen LogP contribution in [0.2, 0.25) is 0 Å². The average Bonchev–Trinajstić information content (AvgIpc) is 2.64. The standard InChI is InChI=1S/C10H16N4O3/c1-10(2,3)8(9(16)17)13-7(15)4-14-6-11-5-12-14/h5-6,8H,4H2,1-3H3,(H,13,15)(H,16,17). The minimum absolute atomic E-state index is 0.0418. The van der Waals surface area contributed by atoms with Crippen molar-refractivity contribution < 1.29 is 14.7 Å². The first-order valence-corrected chi connectivity index (χ1v) is 5.15. The number of aliphatic carboxylic acids is 1. The molecule has 0 aliphatic rings. The molecule has 1 heterocycles. The fraction of sp³-hybridized carbons (Fsp3) is 0.600. The molecule has 1 aromatic rings. The molecule has 0 saturated heterocycles. The van der Waals surface area contributed by atoms with Crippen molar-refractivity contribution in [2.75, 3.05) is 0 Å². The van der Waals surface area contributed by atoms with Crippen LogP contribution in [0.5, 0.6) is 0 Å². The Balaban J connectivity index is 2.62. The van der Waals surface area contributed by atoms with Gasteiger partial charge >= 0.3 is 5.97 Å². The molecule has 94 valence electrons. The molecule has 0 saturated carbocycles. The van der Waals surface area contributed by atoms with E-state index in [2.05, 4.69) is 15.4 Å². The van der Waals surface area contributed by atoms with Gasteiger partial charge in [-0.2, -0.15) is 5.10 Å². The van der Waals surface area contributed by atoms with Crippen LogP contribution in [0.25, 0.3) is 0 Å². The van der Waals surface area contributed by atoms with E-state index in [9.17, 15) is 9.59 Å². The molecule has 0 aliphatic heterocycles. The summed E-state index contributed by atoms with van der Waals surface area (Å²) < 4.78 is 1.33. The highest BCUT2D eigenvalue weighted by Crippen LogP contribution is 2.19. The quantitative estimate of drug-likeness (QED) is 0.765. The lowest BCUT2D eigenvalue weighted by molar-refractivity contribution is -0.145. The maximum Gasteiger partial charge on any atom is 0.326 e. The molecule has 0 spiro atoms. The van der Waals surface area contributed by atoms with Gasteiger partial charge < -0.3 is 10.4 Å². The molecular formula is C10H16N4O3. The third-order valence-electron chi connectivity index (χ3n) is 2.19. The summed E-state index contributed by atoms with van der Waals surface area (Å²) >= 11 is 0. The van der Waals surface area contributed by atoms with Gasteiger partial charge in [0.1, 0.15) is 25.2 Å². The molecule has 7 heteroatoms. The fourth-order valence-electron chi connectivity index (χ4n) is 1.32. The molecule has 1 atom stereocenters. The van der Waals surface area contributed by atoms with Gasteiger partial charge in [0.2, 0.25) is 5.91 Å². The summed E-state index contributed by atoms with van der Waals surface area (Å²) in [6, 6.07) is -0.932. The number of carbonyl (C=O) groups excluding carboxylic acids is 1. The zero-order valence-corrected chi connectivity index (χ0v) is 10.0. The van der Waals surface area contributed by atoms with Crippen LogP contribution >= 0.6 is 0 Å². The Labute approximate surface area is 98.8 Å². The number of rotatable bonds is 4. The molecule has 7 nitrogen and oxygen atoms in total. The Morgan fingerprint density at radius 1 is 1.47 bits per heavy atom. The second-order valence-corrected chi connectivity index (χ2v) is 4.80. The minimum Gasteiger partial charge on any atom is -0.480 e. The van der Waals surface area contributed by atoms with Crippen molar-refractivity contribution in [3.63, 3.8) is 0 Å². The SMILES string of the molecule is CC(C)(C)C(NC(=O)Cn1cncn1)C(=O)O. The van der Waals surface area contributed by atoms with Crippen molar-refractivity contribution >= 4 is 11.9 Å². The van der Waals surface area contributed by atoms with Crippen LogP contribution in [0, 0.1) is 5.41 Å². The normalized spacial score (nSPS) is 13.1. The lowest BCUT2D eigenvalue weighted by Crippen LogP contribution is -2.50. The van der Waals surface area contributed by atoms with Crippen molar-refractivity contribution in [2.45, 2.75) is 33.4 Å². The lowest BCUT2D eigenvalue weighted by Gasteiger charge is -2.27. The van der Waals surface area contributed by atoms with Gasteiger partial charge in [0.05, 0.1) is 0 Å². The van der Waals surface area contributed by atoms with Crippen LogP contribution in [-0.2, 0) is 16.1 Å². The van der Waals surface area contributed by atoms with Gasteiger partial charge in [-0.05, 0) is 5.41 Å². The Bertz CT molecular complexity index is 394. The predicted octanol–water partition coefficient (Wildman–Crippen LogP) is -0.106. The second-order valence-electron chi connectivity index (χ2n) is 4.80. The number of aromatic nitrogens is 3. The molecule has 0 aliphatic carbocycles. The Morgan fingerprint density at radius 2 is 2.12 bits per heavy atom. The topological polar surface area (TPSA) is 97.1 Å². The number of amides is 1. The summed E-state index contributed by atoms with van der Waals surface area (Å²) in [6.07, 6.45) is 2.71. The van der Waals surface area contributed by atoms with Gasteiger partial charge in [0.25, 0.3) is 0 Å². The molecule has 17 heavy (non-hydrogen) atoms. The number of carboxylic acid groups (broad SMARTS) is 1. The molecule has 0 radical (unpaired) electrons. The van der Waals surface area contributed by atoms with E-state index in [1.165, 1.54) is 17.3 Å². The predicted molar refractivity (Wildman–Crippen MR) is 59.0 cm³/mol. The van der Waals surface area contributed by atoms with E-state index in [1.54, 1.807) is 20.8 Å². The van der Waals surface area contributed by atoms with Gasteiger partial charge in [0.15, 0.2) is 0 Å². The first kappa shape index (κ1) is 13.1. The van der Waals surface area contributed by atoms with Crippen molar-refractivity contribution in [2.24, 2.45) is 5.41 Å². The maximum atomic E-state index is 11.6. The van der Waals surface area contributed by atoms with E-state index < -0.39 is 23.3 Å². The molecule has 0 fully saturated rings. The van der Waals surface area contributed by atoms with Crippen LogP contribution in [-0.4, -0.2) is 37.8 Å².